The third kappa shape index (κ3) is 4.13. The molecule has 1 aromatic carbocycles. The summed E-state index contributed by atoms with van der Waals surface area (Å²) in [5.74, 6) is 6.51. The molecule has 0 radical (unpaired) electrons. The summed E-state index contributed by atoms with van der Waals surface area (Å²) < 4.78 is 6.26. The molecule has 5 rings (SSSR count). The minimum Gasteiger partial charge on any atom is -0.446 e. The summed E-state index contributed by atoms with van der Waals surface area (Å²) in [4.78, 5) is 38.2. The average Bonchev–Trinajstić information content (AvgIpc) is 3.21. The quantitative estimate of drug-likeness (QED) is 0.353. The van der Waals surface area contributed by atoms with E-state index in [-0.39, 0.29) is 40.2 Å². The Morgan fingerprint density at radius 2 is 2.03 bits per heavy atom. The van der Waals surface area contributed by atoms with Gasteiger partial charge < -0.3 is 10.2 Å². The molecule has 4 aliphatic carbocycles. The van der Waals surface area contributed by atoms with E-state index >= 15 is 0 Å². The van der Waals surface area contributed by atoms with Gasteiger partial charge in [-0.3, -0.25) is 20.7 Å². The predicted molar refractivity (Wildman–Crippen MR) is 144 cm³/mol. The molecule has 0 saturated heterocycles. The molecule has 196 valence electrons. The highest BCUT2D eigenvalue weighted by Gasteiger charge is 2.63. The fourth-order valence-corrected chi connectivity index (χ4v) is 8.09. The van der Waals surface area contributed by atoms with Gasteiger partial charge >= 0.3 is 6.09 Å². The summed E-state index contributed by atoms with van der Waals surface area (Å²) in [7, 11) is 0. The Labute approximate surface area is 218 Å². The van der Waals surface area contributed by atoms with Crippen LogP contribution in [0.3, 0.4) is 0 Å². The smallest absolute Gasteiger partial charge is 0.411 e. The fraction of sp³-hybridized carbons (Fsp3) is 0.500. The maximum absolute atomic E-state index is 13.3. The molecule has 1 aromatic rings. The molecule has 0 spiro atoms. The molecule has 2 fully saturated rings. The van der Waals surface area contributed by atoms with Gasteiger partial charge in [-0.05, 0) is 84.6 Å². The number of carbonyl (C=O) groups is 3. The van der Waals surface area contributed by atoms with Crippen molar-refractivity contribution in [1.82, 2.24) is 0 Å². The molecule has 37 heavy (non-hydrogen) atoms. The Kier molecular flexibility index (Phi) is 6.39. The van der Waals surface area contributed by atoms with Crippen LogP contribution in [0.5, 0.6) is 0 Å². The highest BCUT2D eigenvalue weighted by molar-refractivity contribution is 5.92. The van der Waals surface area contributed by atoms with E-state index < -0.39 is 12.2 Å². The van der Waals surface area contributed by atoms with Crippen LogP contribution in [0, 0.1) is 34.5 Å². The number of hydrogen-bond donors (Lipinski definition) is 3. The molecule has 7 atom stereocenters. The van der Waals surface area contributed by atoms with Crippen molar-refractivity contribution in [2.45, 2.75) is 59.0 Å². The lowest BCUT2D eigenvalue weighted by Crippen LogP contribution is -2.57. The van der Waals surface area contributed by atoms with E-state index in [4.69, 9.17) is 10.6 Å². The monoisotopic (exact) mass is 503 g/mol. The molecule has 0 aliphatic heterocycles. The maximum atomic E-state index is 13.3. The van der Waals surface area contributed by atoms with E-state index in [1.165, 1.54) is 0 Å². The van der Waals surface area contributed by atoms with Crippen LogP contribution >= 0.6 is 0 Å². The van der Waals surface area contributed by atoms with E-state index in [9.17, 15) is 14.4 Å². The van der Waals surface area contributed by atoms with Crippen molar-refractivity contribution in [3.63, 3.8) is 0 Å². The van der Waals surface area contributed by atoms with Gasteiger partial charge in [0.1, 0.15) is 11.9 Å². The Hall–Kier alpha value is -3.19. The molecular formula is C30H37N3O4. The Morgan fingerprint density at radius 3 is 2.73 bits per heavy atom. The van der Waals surface area contributed by atoms with E-state index in [1.54, 1.807) is 31.2 Å². The first kappa shape index (κ1) is 25.5. The second-order valence-electron chi connectivity index (χ2n) is 11.7. The highest BCUT2D eigenvalue weighted by Crippen LogP contribution is 2.65. The minimum atomic E-state index is -0.534. The lowest BCUT2D eigenvalue weighted by atomic mass is 9.47. The minimum absolute atomic E-state index is 0.0378. The summed E-state index contributed by atoms with van der Waals surface area (Å²) in [6.45, 7) is 9.89. The lowest BCUT2D eigenvalue weighted by molar-refractivity contribution is -0.134. The number of ether oxygens (including phenoxy) is 1. The predicted octanol–water partition coefficient (Wildman–Crippen LogP) is 5.66. The number of hydrazine groups is 1. The van der Waals surface area contributed by atoms with E-state index in [0.717, 1.165) is 30.4 Å². The van der Waals surface area contributed by atoms with Gasteiger partial charge in [-0.25, -0.2) is 4.79 Å². The molecule has 0 heterocycles. The summed E-state index contributed by atoms with van der Waals surface area (Å²) >= 11 is 0. The number of benzene rings is 1. The normalized spacial score (nSPS) is 35.9. The molecule has 2 saturated carbocycles. The van der Waals surface area contributed by atoms with Crippen LogP contribution in [0.25, 0.3) is 6.08 Å². The van der Waals surface area contributed by atoms with Gasteiger partial charge in [-0.2, -0.15) is 0 Å². The van der Waals surface area contributed by atoms with Crippen LogP contribution in [0.4, 0.5) is 16.2 Å². The summed E-state index contributed by atoms with van der Waals surface area (Å²) in [5.41, 5.74) is 5.16. The topological polar surface area (TPSA) is 111 Å². The lowest BCUT2D eigenvalue weighted by Gasteiger charge is -2.58. The van der Waals surface area contributed by atoms with Crippen LogP contribution in [0.2, 0.25) is 0 Å². The second-order valence-corrected chi connectivity index (χ2v) is 11.7. The summed E-state index contributed by atoms with van der Waals surface area (Å²) in [5, 5.41) is 2.86. The number of amides is 1. The van der Waals surface area contributed by atoms with Gasteiger partial charge in [0, 0.05) is 23.9 Å². The Balaban J connectivity index is 1.48. The number of anilines is 2. The molecule has 0 aromatic heterocycles. The zero-order valence-corrected chi connectivity index (χ0v) is 21.9. The molecule has 0 bridgehead atoms. The molecule has 1 amide bonds. The van der Waals surface area contributed by atoms with E-state index in [2.05, 4.69) is 43.3 Å². The van der Waals surface area contributed by atoms with Crippen molar-refractivity contribution in [2.24, 2.45) is 40.3 Å². The number of fused-ring (bicyclic) bond motifs is 5. The van der Waals surface area contributed by atoms with Crippen molar-refractivity contribution >= 4 is 35.1 Å². The van der Waals surface area contributed by atoms with Gasteiger partial charge in [0.25, 0.3) is 0 Å². The van der Waals surface area contributed by atoms with Gasteiger partial charge in [0.2, 0.25) is 0 Å². The first-order valence-corrected chi connectivity index (χ1v) is 13.2. The molecule has 0 unspecified atom stereocenters. The van der Waals surface area contributed by atoms with Crippen LogP contribution in [-0.4, -0.2) is 23.8 Å². The van der Waals surface area contributed by atoms with Crippen LogP contribution in [-0.2, 0) is 14.3 Å². The number of nitrogens with two attached hydrogens (primary N) is 1. The standard InChI is InChI=1S/C30H37N3O4/c1-5-18-6-8-20(15-25(18)33-31)32-28(36)37-26-16-30(4)23(17(2)34)10-11-24(30)22-9-7-19-14-21(35)12-13-29(19,3)27(22)26/h5-9,14-15,22-24,26-27,33H,1,10-13,16,31H2,2-4H3,(H,32,36)/t22-,23+,24-,26-,27-,29+,30+/m0/s1. The SMILES string of the molecule is C=Cc1ccc(NC(=O)O[C@H]2C[C@]3(C)[C@@H](C(C)=O)CC[C@H]3[C@@H]3C=CC4=CC(=O)CC[C@@]4(C)[C@@H]32)cc1NN. The Bertz CT molecular complexity index is 1220. The molecule has 7 heteroatoms. The number of hydrogen-bond acceptors (Lipinski definition) is 6. The van der Waals surface area contributed by atoms with Crippen LogP contribution in [0.15, 0.2) is 48.6 Å². The van der Waals surface area contributed by atoms with Crippen LogP contribution in [0.1, 0.15) is 58.4 Å². The first-order valence-electron chi connectivity index (χ1n) is 13.2. The molecule has 7 nitrogen and oxygen atoms in total. The number of nitrogen functional groups attached to an aromatic ring is 1. The number of Topliss-reactive ketones (excluding diaryl/α,β-unsaturated/α-hetero) is 1. The van der Waals surface area contributed by atoms with Crippen molar-refractivity contribution in [3.8, 4) is 0 Å². The summed E-state index contributed by atoms with van der Waals surface area (Å²) in [6, 6.07) is 5.33. The van der Waals surface area contributed by atoms with E-state index in [1.807, 2.05) is 6.07 Å². The van der Waals surface area contributed by atoms with Crippen molar-refractivity contribution in [3.05, 3.63) is 54.1 Å². The number of allylic oxidation sites excluding steroid dienone is 4. The third-order valence-electron chi connectivity index (χ3n) is 9.85. The van der Waals surface area contributed by atoms with Crippen molar-refractivity contribution < 1.29 is 19.1 Å². The zero-order valence-electron chi connectivity index (χ0n) is 21.9. The van der Waals surface area contributed by atoms with E-state index in [0.29, 0.717) is 30.1 Å². The van der Waals surface area contributed by atoms with Crippen LogP contribution < -0.4 is 16.6 Å². The van der Waals surface area contributed by atoms with Crippen molar-refractivity contribution in [1.29, 1.82) is 0 Å². The maximum Gasteiger partial charge on any atom is 0.411 e. The number of ketones is 2. The van der Waals surface area contributed by atoms with Crippen molar-refractivity contribution in [2.75, 3.05) is 10.7 Å². The van der Waals surface area contributed by atoms with Gasteiger partial charge in [-0.1, -0.05) is 44.7 Å². The second kappa shape index (κ2) is 9.28. The number of nitrogens with one attached hydrogen (secondary N) is 2. The first-order chi connectivity index (χ1) is 17.6. The largest absolute Gasteiger partial charge is 0.446 e. The highest BCUT2D eigenvalue weighted by atomic mass is 16.6. The fourth-order valence-electron chi connectivity index (χ4n) is 8.09. The van der Waals surface area contributed by atoms with Gasteiger partial charge in [0.05, 0.1) is 5.69 Å². The average molecular weight is 504 g/mol. The van der Waals surface area contributed by atoms with Gasteiger partial charge in [0.15, 0.2) is 5.78 Å². The third-order valence-corrected chi connectivity index (χ3v) is 9.85. The van der Waals surface area contributed by atoms with Gasteiger partial charge in [-0.15, -0.1) is 0 Å². The molecule has 4 N–H and O–H groups in total. The number of carbonyl (C=O) groups excluding carboxylic acids is 3. The molecular weight excluding hydrogens is 466 g/mol. The summed E-state index contributed by atoms with van der Waals surface area (Å²) in [6.07, 6.45) is 10.6. The Morgan fingerprint density at radius 1 is 1.24 bits per heavy atom. The number of rotatable bonds is 5. The molecule has 4 aliphatic rings. The zero-order chi connectivity index (χ0) is 26.5.